The van der Waals surface area contributed by atoms with Crippen LogP contribution in [-0.4, -0.2) is 22.6 Å². The molecule has 2 nitrogen and oxygen atoms in total. The zero-order chi connectivity index (χ0) is 14.3. The number of rotatable bonds is 4. The first-order chi connectivity index (χ1) is 8.90. The molecule has 1 aliphatic carbocycles. The van der Waals surface area contributed by atoms with Crippen LogP contribution in [-0.2, 0) is 11.0 Å². The Balaban J connectivity index is 2.77. The third-order valence-corrected chi connectivity index (χ3v) is 4.45. The van der Waals surface area contributed by atoms with Crippen molar-refractivity contribution in [1.29, 1.82) is 0 Å². The summed E-state index contributed by atoms with van der Waals surface area (Å²) in [6, 6.07) is 0. The fraction of sp³-hybridized carbons (Fsp3) is 0.385. The van der Waals surface area contributed by atoms with Crippen LogP contribution in [0.1, 0.15) is 29.9 Å². The predicted molar refractivity (Wildman–Crippen MR) is 68.5 cm³/mol. The van der Waals surface area contributed by atoms with Gasteiger partial charge in [-0.2, -0.15) is 0 Å². The van der Waals surface area contributed by atoms with E-state index >= 15 is 0 Å². The van der Waals surface area contributed by atoms with Gasteiger partial charge in [-0.15, -0.1) is 0 Å². The molecular formula is C13H14F3NOS. The fourth-order valence-corrected chi connectivity index (χ4v) is 3.00. The van der Waals surface area contributed by atoms with Gasteiger partial charge in [0.1, 0.15) is 16.8 Å². The number of hydrogen-bond acceptors (Lipinski definition) is 1. The van der Waals surface area contributed by atoms with Crippen molar-refractivity contribution < 1.29 is 17.4 Å². The van der Waals surface area contributed by atoms with Crippen LogP contribution in [0.25, 0.3) is 6.08 Å². The Bertz CT molecular complexity index is 568. The summed E-state index contributed by atoms with van der Waals surface area (Å²) in [4.78, 5) is -0.381. The Kier molecular flexibility index (Phi) is 3.82. The van der Waals surface area contributed by atoms with Crippen LogP contribution in [0, 0.1) is 17.5 Å². The minimum Gasteiger partial charge on any atom is -0.237 e. The van der Waals surface area contributed by atoms with E-state index in [1.807, 2.05) is 0 Å². The van der Waals surface area contributed by atoms with Crippen molar-refractivity contribution in [2.45, 2.75) is 23.7 Å². The van der Waals surface area contributed by atoms with Crippen LogP contribution in [0.15, 0.2) is 11.5 Å². The van der Waals surface area contributed by atoms with E-state index < -0.39 is 34.0 Å². The summed E-state index contributed by atoms with van der Waals surface area (Å²) in [5.41, 5.74) is -0.459. The number of halogens is 3. The molecule has 1 saturated carbocycles. The molecule has 1 aromatic rings. The lowest BCUT2D eigenvalue weighted by atomic mass is 10.0. The Morgan fingerprint density at radius 1 is 1.21 bits per heavy atom. The molecule has 0 bridgehead atoms. The predicted octanol–water partition coefficient (Wildman–Crippen LogP) is 3.21. The number of hydrogen-bond donors (Lipinski definition) is 0. The fourth-order valence-electron chi connectivity index (χ4n) is 1.95. The molecule has 1 aromatic carbocycles. The highest BCUT2D eigenvalue weighted by Crippen LogP contribution is 2.46. The minimum atomic E-state index is -1.93. The van der Waals surface area contributed by atoms with E-state index in [9.17, 15) is 17.4 Å². The van der Waals surface area contributed by atoms with E-state index in [4.69, 9.17) is 0 Å². The third kappa shape index (κ3) is 2.34. The summed E-state index contributed by atoms with van der Waals surface area (Å²) < 4.78 is 55.4. The van der Waals surface area contributed by atoms with Gasteiger partial charge in [-0.3, -0.25) is 0 Å². The second-order valence-corrected chi connectivity index (χ2v) is 6.28. The standard InChI is InChI=1S/C13H14F3NOS/c1-4-8-10(14)9(7-5-6-7)13(12(16)11(8)15)19(18)17(2)3/h4,7H,1,5-6H2,2-3H3. The van der Waals surface area contributed by atoms with Gasteiger partial charge in [-0.25, -0.2) is 21.7 Å². The molecule has 0 heterocycles. The van der Waals surface area contributed by atoms with Crippen molar-refractivity contribution in [3.8, 4) is 0 Å². The zero-order valence-corrected chi connectivity index (χ0v) is 11.5. The molecule has 0 saturated heterocycles. The molecule has 1 atom stereocenters. The highest BCUT2D eigenvalue weighted by atomic mass is 32.2. The Morgan fingerprint density at radius 3 is 2.21 bits per heavy atom. The van der Waals surface area contributed by atoms with Gasteiger partial charge in [-0.05, 0) is 32.9 Å². The highest BCUT2D eigenvalue weighted by Gasteiger charge is 2.36. The molecule has 104 valence electrons. The maximum Gasteiger partial charge on any atom is 0.177 e. The summed E-state index contributed by atoms with van der Waals surface area (Å²) in [6.45, 7) is 3.29. The van der Waals surface area contributed by atoms with E-state index in [1.165, 1.54) is 18.4 Å². The zero-order valence-electron chi connectivity index (χ0n) is 10.7. The van der Waals surface area contributed by atoms with Crippen LogP contribution < -0.4 is 0 Å². The topological polar surface area (TPSA) is 20.3 Å². The summed E-state index contributed by atoms with van der Waals surface area (Å²) in [7, 11) is 0.998. The van der Waals surface area contributed by atoms with Crippen LogP contribution in [0.5, 0.6) is 0 Å². The maximum absolute atomic E-state index is 14.3. The van der Waals surface area contributed by atoms with E-state index in [0.29, 0.717) is 12.8 Å². The molecule has 0 radical (unpaired) electrons. The molecule has 2 rings (SSSR count). The van der Waals surface area contributed by atoms with E-state index in [0.717, 1.165) is 6.08 Å². The van der Waals surface area contributed by atoms with Crippen molar-refractivity contribution in [3.05, 3.63) is 35.2 Å². The molecule has 0 amide bonds. The first-order valence-corrected chi connectivity index (χ1v) is 6.92. The lowest BCUT2D eigenvalue weighted by molar-refractivity contribution is 0.462. The molecule has 1 aliphatic rings. The average Bonchev–Trinajstić information content (AvgIpc) is 3.17. The van der Waals surface area contributed by atoms with Gasteiger partial charge in [0, 0.05) is 11.1 Å². The van der Waals surface area contributed by atoms with Crippen molar-refractivity contribution in [2.24, 2.45) is 0 Å². The van der Waals surface area contributed by atoms with Gasteiger partial charge >= 0.3 is 0 Å². The molecule has 0 N–H and O–H groups in total. The van der Waals surface area contributed by atoms with Gasteiger partial charge < -0.3 is 0 Å². The summed E-state index contributed by atoms with van der Waals surface area (Å²) in [5, 5.41) is 0. The van der Waals surface area contributed by atoms with Crippen molar-refractivity contribution in [3.63, 3.8) is 0 Å². The molecule has 0 aliphatic heterocycles. The quantitative estimate of drug-likeness (QED) is 0.779. The van der Waals surface area contributed by atoms with Crippen molar-refractivity contribution >= 4 is 17.1 Å². The van der Waals surface area contributed by atoms with Gasteiger partial charge in [0.05, 0.1) is 4.90 Å². The van der Waals surface area contributed by atoms with Gasteiger partial charge in [0.25, 0.3) is 0 Å². The van der Waals surface area contributed by atoms with E-state index in [2.05, 4.69) is 6.58 Å². The minimum absolute atomic E-state index is 0.0285. The molecule has 6 heteroatoms. The first-order valence-electron chi connectivity index (χ1n) is 5.82. The highest BCUT2D eigenvalue weighted by molar-refractivity contribution is 7.82. The molecular weight excluding hydrogens is 275 g/mol. The maximum atomic E-state index is 14.3. The Morgan fingerprint density at radius 2 is 1.79 bits per heavy atom. The SMILES string of the molecule is C=Cc1c(F)c(F)c(S(=O)N(C)C)c(C2CC2)c1F. The summed E-state index contributed by atoms with van der Waals surface area (Å²) in [6.07, 6.45) is 2.33. The average molecular weight is 289 g/mol. The van der Waals surface area contributed by atoms with Gasteiger partial charge in [-0.1, -0.05) is 12.7 Å². The lowest BCUT2D eigenvalue weighted by Gasteiger charge is -2.17. The van der Waals surface area contributed by atoms with Crippen molar-refractivity contribution in [2.75, 3.05) is 14.1 Å². The number of benzene rings is 1. The molecule has 19 heavy (non-hydrogen) atoms. The normalized spacial score (nSPS) is 16.7. The second-order valence-electron chi connectivity index (χ2n) is 4.64. The Hall–Kier alpha value is -1.14. The largest absolute Gasteiger partial charge is 0.237 e. The first kappa shape index (κ1) is 14.3. The molecule has 1 fully saturated rings. The second kappa shape index (κ2) is 5.09. The molecule has 0 spiro atoms. The summed E-state index contributed by atoms with van der Waals surface area (Å²) >= 11 is 0. The smallest absolute Gasteiger partial charge is 0.177 e. The third-order valence-electron chi connectivity index (χ3n) is 3.04. The van der Waals surface area contributed by atoms with E-state index in [1.54, 1.807) is 0 Å². The van der Waals surface area contributed by atoms with Crippen molar-refractivity contribution in [1.82, 2.24) is 4.31 Å². The van der Waals surface area contributed by atoms with Gasteiger partial charge in [0.2, 0.25) is 0 Å². The van der Waals surface area contributed by atoms with Gasteiger partial charge in [0.15, 0.2) is 11.6 Å². The van der Waals surface area contributed by atoms with E-state index in [-0.39, 0.29) is 16.4 Å². The van der Waals surface area contributed by atoms with Crippen LogP contribution in [0.2, 0.25) is 0 Å². The summed E-state index contributed by atoms with van der Waals surface area (Å²) in [5.74, 6) is -3.61. The molecule has 0 aromatic heterocycles. The van der Waals surface area contributed by atoms with Crippen LogP contribution in [0.3, 0.4) is 0 Å². The van der Waals surface area contributed by atoms with Crippen LogP contribution >= 0.6 is 0 Å². The van der Waals surface area contributed by atoms with Crippen LogP contribution in [0.4, 0.5) is 13.2 Å². The lowest BCUT2D eigenvalue weighted by Crippen LogP contribution is -2.20. The Labute approximate surface area is 112 Å². The monoisotopic (exact) mass is 289 g/mol. The number of nitrogens with zero attached hydrogens (tertiary/aromatic N) is 1. The molecule has 1 unspecified atom stereocenters.